The van der Waals surface area contributed by atoms with E-state index in [9.17, 15) is 19.2 Å². The number of nitrogens with zero attached hydrogens (tertiary/aromatic N) is 1. The van der Waals surface area contributed by atoms with Gasteiger partial charge >= 0.3 is 12.1 Å². The van der Waals surface area contributed by atoms with E-state index in [0.29, 0.717) is 22.3 Å². The monoisotopic (exact) mass is 472 g/mol. The summed E-state index contributed by atoms with van der Waals surface area (Å²) in [5, 5.41) is 2.52. The van der Waals surface area contributed by atoms with Crippen molar-refractivity contribution in [2.45, 2.75) is 26.4 Å². The fraction of sp³-hybridized carbons (Fsp3) is 0.259. The van der Waals surface area contributed by atoms with Crippen molar-refractivity contribution in [1.82, 2.24) is 10.2 Å². The van der Waals surface area contributed by atoms with E-state index in [0.717, 1.165) is 4.90 Å². The van der Waals surface area contributed by atoms with Crippen LogP contribution in [0, 0.1) is 23.7 Å². The normalized spacial score (nSPS) is 12.1. The Hall–Kier alpha value is -4.56. The van der Waals surface area contributed by atoms with E-state index in [-0.39, 0.29) is 30.5 Å². The van der Waals surface area contributed by atoms with Crippen LogP contribution < -0.4 is 5.32 Å². The lowest BCUT2D eigenvalue weighted by Gasteiger charge is -2.19. The third kappa shape index (κ3) is 6.27. The molecule has 2 aromatic carbocycles. The minimum atomic E-state index is -0.629. The molecule has 0 unspecified atom stereocenters. The molecule has 8 heteroatoms. The maximum atomic E-state index is 12.5. The van der Waals surface area contributed by atoms with Crippen LogP contribution in [0.4, 0.5) is 4.79 Å². The molecule has 178 valence electrons. The van der Waals surface area contributed by atoms with Crippen LogP contribution in [0.25, 0.3) is 0 Å². The Morgan fingerprint density at radius 2 is 1.63 bits per heavy atom. The number of ether oxygens (including phenoxy) is 2. The molecule has 1 aliphatic heterocycles. The number of amides is 3. The second-order valence-corrected chi connectivity index (χ2v) is 8.45. The van der Waals surface area contributed by atoms with E-state index < -0.39 is 17.7 Å². The van der Waals surface area contributed by atoms with Crippen molar-refractivity contribution in [3.63, 3.8) is 0 Å². The van der Waals surface area contributed by atoms with E-state index in [1.54, 1.807) is 57.2 Å². The molecule has 0 aliphatic carbocycles. The van der Waals surface area contributed by atoms with E-state index in [1.807, 2.05) is 0 Å². The zero-order valence-corrected chi connectivity index (χ0v) is 19.9. The summed E-state index contributed by atoms with van der Waals surface area (Å²) in [5.74, 6) is 9.99. The van der Waals surface area contributed by atoms with Crippen LogP contribution in [0.15, 0.2) is 42.5 Å². The maximum Gasteiger partial charge on any atom is 0.408 e. The number of rotatable bonds is 3. The molecule has 3 amide bonds. The van der Waals surface area contributed by atoms with Crippen LogP contribution in [0.3, 0.4) is 0 Å². The first-order valence-electron chi connectivity index (χ1n) is 10.7. The van der Waals surface area contributed by atoms with E-state index in [1.165, 1.54) is 13.2 Å². The first-order valence-corrected chi connectivity index (χ1v) is 10.7. The average Bonchev–Trinajstić information content (AvgIpc) is 3.05. The number of esters is 1. The van der Waals surface area contributed by atoms with Crippen molar-refractivity contribution in [2.24, 2.45) is 0 Å². The van der Waals surface area contributed by atoms with Gasteiger partial charge in [0.05, 0.1) is 36.9 Å². The largest absolute Gasteiger partial charge is 0.465 e. The molecule has 8 nitrogen and oxygen atoms in total. The molecule has 0 saturated heterocycles. The zero-order chi connectivity index (χ0) is 25.6. The van der Waals surface area contributed by atoms with Gasteiger partial charge in [0.25, 0.3) is 11.8 Å². The number of nitrogens with one attached hydrogen (secondary N) is 1. The van der Waals surface area contributed by atoms with Crippen molar-refractivity contribution in [1.29, 1.82) is 0 Å². The van der Waals surface area contributed by atoms with Crippen LogP contribution in [-0.2, 0) is 9.47 Å². The molecule has 1 heterocycles. The lowest BCUT2D eigenvalue weighted by molar-refractivity contribution is 0.0532. The summed E-state index contributed by atoms with van der Waals surface area (Å²) in [5.41, 5.74) is 1.21. The fourth-order valence-electron chi connectivity index (χ4n) is 3.19. The number of alkyl carbamates (subject to hydrolysis) is 1. The van der Waals surface area contributed by atoms with Crippen molar-refractivity contribution in [3.05, 3.63) is 70.3 Å². The summed E-state index contributed by atoms with van der Waals surface area (Å²) in [6.45, 7) is 5.18. The number of carbonyl (C=O) groups excluding carboxylic acids is 4. The predicted octanol–water partition coefficient (Wildman–Crippen LogP) is 3.00. The Balaban J connectivity index is 1.74. The van der Waals surface area contributed by atoms with Gasteiger partial charge in [-0.25, -0.2) is 9.59 Å². The number of hydrogen-bond donors (Lipinski definition) is 1. The summed E-state index contributed by atoms with van der Waals surface area (Å²) in [4.78, 5) is 49.9. The average molecular weight is 472 g/mol. The molecule has 0 aromatic heterocycles. The molecule has 2 aromatic rings. The van der Waals surface area contributed by atoms with Gasteiger partial charge in [-0.1, -0.05) is 35.8 Å². The number of carbonyl (C=O) groups is 4. The van der Waals surface area contributed by atoms with Gasteiger partial charge in [0.1, 0.15) is 5.60 Å². The lowest BCUT2D eigenvalue weighted by atomic mass is 10.0. The van der Waals surface area contributed by atoms with Gasteiger partial charge in [-0.15, -0.1) is 0 Å². The Bertz CT molecular complexity index is 1280. The van der Waals surface area contributed by atoms with Crippen molar-refractivity contribution < 1.29 is 28.7 Å². The standard InChI is InChI=1S/C27H24N2O6/c1-27(2,3)35-26(33)28-15-7-10-19-17-18(13-14-20(19)25(32)34-4)9-8-16-29-23(30)21-11-5-6-12-22(21)24(29)31/h5-6,11-14,17H,15-16H2,1-4H3,(H,28,33). The molecular formula is C27H24N2O6. The quantitative estimate of drug-likeness (QED) is 0.419. The van der Waals surface area contributed by atoms with Gasteiger partial charge in [0.15, 0.2) is 0 Å². The molecule has 0 fully saturated rings. The number of hydrogen-bond acceptors (Lipinski definition) is 6. The van der Waals surface area contributed by atoms with Crippen LogP contribution in [-0.4, -0.2) is 54.6 Å². The minimum Gasteiger partial charge on any atom is -0.465 e. The first-order chi connectivity index (χ1) is 16.6. The summed E-state index contributed by atoms with van der Waals surface area (Å²) >= 11 is 0. The number of benzene rings is 2. The van der Waals surface area contributed by atoms with Crippen LogP contribution >= 0.6 is 0 Å². The smallest absolute Gasteiger partial charge is 0.408 e. The van der Waals surface area contributed by atoms with Gasteiger partial charge < -0.3 is 14.8 Å². The topological polar surface area (TPSA) is 102 Å². The molecule has 0 spiro atoms. The van der Waals surface area contributed by atoms with Crippen LogP contribution in [0.2, 0.25) is 0 Å². The second-order valence-electron chi connectivity index (χ2n) is 8.45. The van der Waals surface area contributed by atoms with Gasteiger partial charge in [-0.3, -0.25) is 14.5 Å². The molecule has 0 saturated carbocycles. The van der Waals surface area contributed by atoms with Crippen LogP contribution in [0.5, 0.6) is 0 Å². The minimum absolute atomic E-state index is 0.00513. The number of methoxy groups -OCH3 is 1. The third-order valence-electron chi connectivity index (χ3n) is 4.72. The van der Waals surface area contributed by atoms with Crippen LogP contribution in [0.1, 0.15) is 63.0 Å². The molecule has 0 bridgehead atoms. The second kappa shape index (κ2) is 10.6. The Labute approximate surface area is 203 Å². The molecule has 35 heavy (non-hydrogen) atoms. The fourth-order valence-corrected chi connectivity index (χ4v) is 3.19. The SMILES string of the molecule is COC(=O)c1ccc(C#CCN2C(=O)c3ccccc3C2=O)cc1C#CCNC(=O)OC(C)(C)C. The molecule has 1 aliphatic rings. The summed E-state index contributed by atoms with van der Waals surface area (Å²) in [6, 6.07) is 11.4. The highest BCUT2D eigenvalue weighted by molar-refractivity contribution is 6.21. The Kier molecular flexibility index (Phi) is 7.58. The highest BCUT2D eigenvalue weighted by Gasteiger charge is 2.34. The lowest BCUT2D eigenvalue weighted by Crippen LogP contribution is -2.32. The van der Waals surface area contributed by atoms with Gasteiger partial charge in [-0.2, -0.15) is 0 Å². The summed E-state index contributed by atoms with van der Waals surface area (Å²) in [7, 11) is 1.26. The van der Waals surface area contributed by atoms with Crippen molar-refractivity contribution >= 4 is 23.9 Å². The van der Waals surface area contributed by atoms with E-state index in [2.05, 4.69) is 29.0 Å². The van der Waals surface area contributed by atoms with E-state index in [4.69, 9.17) is 9.47 Å². The number of fused-ring (bicyclic) bond motifs is 1. The molecule has 0 radical (unpaired) electrons. The molecular weight excluding hydrogens is 448 g/mol. The Morgan fingerprint density at radius 1 is 0.971 bits per heavy atom. The van der Waals surface area contributed by atoms with Crippen molar-refractivity contribution in [2.75, 3.05) is 20.2 Å². The highest BCUT2D eigenvalue weighted by atomic mass is 16.6. The van der Waals surface area contributed by atoms with E-state index >= 15 is 0 Å². The van der Waals surface area contributed by atoms with Gasteiger partial charge in [-0.05, 0) is 51.1 Å². The Morgan fingerprint density at radius 3 is 2.23 bits per heavy atom. The highest BCUT2D eigenvalue weighted by Crippen LogP contribution is 2.21. The zero-order valence-electron chi connectivity index (χ0n) is 19.9. The number of imide groups is 1. The first kappa shape index (κ1) is 25.1. The molecule has 3 rings (SSSR count). The maximum absolute atomic E-state index is 12.5. The molecule has 0 atom stereocenters. The predicted molar refractivity (Wildman–Crippen MR) is 128 cm³/mol. The molecule has 1 N–H and O–H groups in total. The summed E-state index contributed by atoms with van der Waals surface area (Å²) in [6.07, 6.45) is -0.604. The van der Waals surface area contributed by atoms with Crippen molar-refractivity contribution in [3.8, 4) is 23.7 Å². The van der Waals surface area contributed by atoms with Gasteiger partial charge in [0.2, 0.25) is 0 Å². The third-order valence-corrected chi connectivity index (χ3v) is 4.72. The summed E-state index contributed by atoms with van der Waals surface area (Å²) < 4.78 is 9.95. The van der Waals surface area contributed by atoms with Gasteiger partial charge in [0, 0.05) is 11.1 Å².